The lowest BCUT2D eigenvalue weighted by Crippen LogP contribution is -2.16. The summed E-state index contributed by atoms with van der Waals surface area (Å²) in [5, 5.41) is 2.64. The molecule has 20 heavy (non-hydrogen) atoms. The second-order valence-electron chi connectivity index (χ2n) is 3.85. The smallest absolute Gasteiger partial charge is 0.339 e. The second-order valence-corrected chi connectivity index (χ2v) is 4.77. The molecule has 5 nitrogen and oxygen atoms in total. The van der Waals surface area contributed by atoms with Gasteiger partial charge in [0.05, 0.1) is 18.4 Å². The van der Waals surface area contributed by atoms with E-state index in [-0.39, 0.29) is 5.69 Å². The van der Waals surface area contributed by atoms with Crippen LogP contribution in [0.3, 0.4) is 0 Å². The van der Waals surface area contributed by atoms with Crippen molar-refractivity contribution in [2.45, 2.75) is 0 Å². The van der Waals surface area contributed by atoms with E-state index in [0.717, 1.165) is 4.47 Å². The van der Waals surface area contributed by atoms with Crippen LogP contribution in [-0.4, -0.2) is 24.0 Å². The molecular weight excluding hydrogens is 324 g/mol. The van der Waals surface area contributed by atoms with Gasteiger partial charge in [-0.15, -0.1) is 0 Å². The number of esters is 1. The van der Waals surface area contributed by atoms with Gasteiger partial charge in [0.2, 0.25) is 0 Å². The minimum atomic E-state index is -0.510. The van der Waals surface area contributed by atoms with Crippen LogP contribution in [0.15, 0.2) is 47.1 Å². The van der Waals surface area contributed by atoms with Crippen LogP contribution in [0.1, 0.15) is 20.8 Å². The van der Waals surface area contributed by atoms with Gasteiger partial charge < -0.3 is 10.1 Å². The summed E-state index contributed by atoms with van der Waals surface area (Å²) < 4.78 is 5.45. The van der Waals surface area contributed by atoms with Gasteiger partial charge >= 0.3 is 5.97 Å². The Balaban J connectivity index is 2.24. The lowest BCUT2D eigenvalue weighted by atomic mass is 10.1. The van der Waals surface area contributed by atoms with E-state index in [9.17, 15) is 9.59 Å². The molecule has 2 aromatic rings. The Morgan fingerprint density at radius 3 is 2.60 bits per heavy atom. The molecule has 0 aliphatic carbocycles. The average Bonchev–Trinajstić information content (AvgIpc) is 2.47. The first-order chi connectivity index (χ1) is 9.61. The number of carbonyl (C=O) groups excluding carboxylic acids is 2. The number of benzene rings is 1. The van der Waals surface area contributed by atoms with E-state index in [1.54, 1.807) is 36.4 Å². The molecule has 0 spiro atoms. The summed E-state index contributed by atoms with van der Waals surface area (Å²) in [5.41, 5.74) is 0.933. The minimum Gasteiger partial charge on any atom is -0.465 e. The molecule has 1 heterocycles. The number of halogens is 1. The molecule has 1 aromatic heterocycles. The number of nitrogens with zero attached hydrogens (tertiary/aromatic N) is 1. The van der Waals surface area contributed by atoms with Crippen molar-refractivity contribution in [3.05, 3.63) is 58.3 Å². The van der Waals surface area contributed by atoms with Crippen LogP contribution in [0.2, 0.25) is 0 Å². The van der Waals surface area contributed by atoms with Crippen LogP contribution in [0.5, 0.6) is 0 Å². The number of carbonyl (C=O) groups is 2. The lowest BCUT2D eigenvalue weighted by molar-refractivity contribution is 0.0602. The van der Waals surface area contributed by atoms with Gasteiger partial charge in [-0.05, 0) is 40.2 Å². The third-order valence-electron chi connectivity index (χ3n) is 2.54. The molecule has 1 aromatic carbocycles. The highest BCUT2D eigenvalue weighted by molar-refractivity contribution is 9.10. The van der Waals surface area contributed by atoms with Crippen LogP contribution in [-0.2, 0) is 4.74 Å². The molecule has 0 unspecified atom stereocenters. The van der Waals surface area contributed by atoms with Crippen molar-refractivity contribution in [1.29, 1.82) is 0 Å². The van der Waals surface area contributed by atoms with Crippen LogP contribution in [0, 0.1) is 0 Å². The van der Waals surface area contributed by atoms with Crippen LogP contribution >= 0.6 is 15.9 Å². The number of para-hydroxylation sites is 1. The number of nitrogens with one attached hydrogen (secondary N) is 1. The third kappa shape index (κ3) is 3.21. The van der Waals surface area contributed by atoms with E-state index in [1.165, 1.54) is 13.3 Å². The Morgan fingerprint density at radius 2 is 1.95 bits per heavy atom. The van der Waals surface area contributed by atoms with E-state index in [4.69, 9.17) is 0 Å². The van der Waals surface area contributed by atoms with E-state index in [2.05, 4.69) is 31.0 Å². The zero-order chi connectivity index (χ0) is 14.5. The Morgan fingerprint density at radius 1 is 1.20 bits per heavy atom. The first-order valence-corrected chi connectivity index (χ1v) is 6.51. The van der Waals surface area contributed by atoms with E-state index < -0.39 is 11.9 Å². The summed E-state index contributed by atoms with van der Waals surface area (Å²) in [6, 6.07) is 9.92. The van der Waals surface area contributed by atoms with Crippen molar-refractivity contribution >= 4 is 33.5 Å². The van der Waals surface area contributed by atoms with Crippen LogP contribution < -0.4 is 5.32 Å². The minimum absolute atomic E-state index is 0.257. The molecule has 0 saturated heterocycles. The number of pyridine rings is 1. The van der Waals surface area contributed by atoms with Crippen molar-refractivity contribution in [3.8, 4) is 0 Å². The topological polar surface area (TPSA) is 68.3 Å². The zero-order valence-electron chi connectivity index (χ0n) is 10.6. The SMILES string of the molecule is COC(=O)c1ccccc1NC(=O)c1ccc(Br)cn1. The fourth-order valence-electron chi connectivity index (χ4n) is 1.58. The van der Waals surface area contributed by atoms with Crippen molar-refractivity contribution in [1.82, 2.24) is 4.98 Å². The first kappa shape index (κ1) is 14.2. The van der Waals surface area contributed by atoms with Gasteiger partial charge in [0, 0.05) is 10.7 Å². The summed E-state index contributed by atoms with van der Waals surface area (Å²) in [7, 11) is 1.29. The maximum Gasteiger partial charge on any atom is 0.339 e. The molecule has 2 rings (SSSR count). The molecule has 6 heteroatoms. The Kier molecular flexibility index (Phi) is 4.47. The zero-order valence-corrected chi connectivity index (χ0v) is 12.2. The van der Waals surface area contributed by atoms with Crippen LogP contribution in [0.25, 0.3) is 0 Å². The molecule has 1 N–H and O–H groups in total. The number of hydrogen-bond acceptors (Lipinski definition) is 4. The quantitative estimate of drug-likeness (QED) is 0.876. The number of ether oxygens (including phenoxy) is 1. The summed E-state index contributed by atoms with van der Waals surface area (Å²) in [6.07, 6.45) is 1.53. The van der Waals surface area contributed by atoms with E-state index in [0.29, 0.717) is 11.3 Å². The molecule has 0 atom stereocenters. The summed E-state index contributed by atoms with van der Waals surface area (Å²) in [5.74, 6) is -0.904. The number of rotatable bonds is 3. The van der Waals surface area contributed by atoms with Gasteiger partial charge in [-0.2, -0.15) is 0 Å². The van der Waals surface area contributed by atoms with Gasteiger partial charge in [-0.1, -0.05) is 12.1 Å². The van der Waals surface area contributed by atoms with Gasteiger partial charge in [-0.25, -0.2) is 9.78 Å². The van der Waals surface area contributed by atoms with Gasteiger partial charge in [0.15, 0.2) is 0 Å². The molecule has 102 valence electrons. The number of hydrogen-bond donors (Lipinski definition) is 1. The van der Waals surface area contributed by atoms with E-state index in [1.807, 2.05) is 0 Å². The molecular formula is C14H11BrN2O3. The molecule has 0 fully saturated rings. The lowest BCUT2D eigenvalue weighted by Gasteiger charge is -2.09. The van der Waals surface area contributed by atoms with Crippen molar-refractivity contribution in [3.63, 3.8) is 0 Å². The highest BCUT2D eigenvalue weighted by Gasteiger charge is 2.14. The molecule has 0 aliphatic heterocycles. The Hall–Kier alpha value is -2.21. The summed E-state index contributed by atoms with van der Waals surface area (Å²) in [4.78, 5) is 27.6. The average molecular weight is 335 g/mol. The highest BCUT2D eigenvalue weighted by atomic mass is 79.9. The van der Waals surface area contributed by atoms with Crippen molar-refractivity contribution in [2.75, 3.05) is 12.4 Å². The maximum atomic E-state index is 12.0. The first-order valence-electron chi connectivity index (χ1n) is 5.72. The molecule has 0 radical (unpaired) electrons. The number of aromatic nitrogens is 1. The standard InChI is InChI=1S/C14H11BrN2O3/c1-20-14(19)10-4-2-3-5-11(10)17-13(18)12-7-6-9(15)8-16-12/h2-8H,1H3,(H,17,18). The van der Waals surface area contributed by atoms with Gasteiger partial charge in [0.25, 0.3) is 5.91 Å². The normalized spacial score (nSPS) is 9.90. The highest BCUT2D eigenvalue weighted by Crippen LogP contribution is 2.17. The summed E-state index contributed by atoms with van der Waals surface area (Å²) >= 11 is 3.25. The monoisotopic (exact) mass is 334 g/mol. The van der Waals surface area contributed by atoms with Crippen molar-refractivity contribution in [2.24, 2.45) is 0 Å². The molecule has 0 saturated carbocycles. The Labute approximate surface area is 124 Å². The molecule has 1 amide bonds. The molecule has 0 bridgehead atoms. The maximum absolute atomic E-state index is 12.0. The number of amides is 1. The van der Waals surface area contributed by atoms with E-state index >= 15 is 0 Å². The fraction of sp³-hybridized carbons (Fsp3) is 0.0714. The largest absolute Gasteiger partial charge is 0.465 e. The number of methoxy groups -OCH3 is 1. The fourth-order valence-corrected chi connectivity index (χ4v) is 1.81. The number of anilines is 1. The van der Waals surface area contributed by atoms with Gasteiger partial charge in [-0.3, -0.25) is 4.79 Å². The Bertz CT molecular complexity index is 641. The van der Waals surface area contributed by atoms with Crippen molar-refractivity contribution < 1.29 is 14.3 Å². The predicted molar refractivity (Wildman–Crippen MR) is 77.7 cm³/mol. The molecule has 0 aliphatic rings. The second kappa shape index (κ2) is 6.29. The summed E-state index contributed by atoms with van der Waals surface area (Å²) in [6.45, 7) is 0. The predicted octanol–water partition coefficient (Wildman–Crippen LogP) is 2.88. The van der Waals surface area contributed by atoms with Gasteiger partial charge in [0.1, 0.15) is 5.69 Å². The third-order valence-corrected chi connectivity index (χ3v) is 3.01. The van der Waals surface area contributed by atoms with Crippen LogP contribution in [0.4, 0.5) is 5.69 Å².